The van der Waals surface area contributed by atoms with Crippen LogP contribution in [0.3, 0.4) is 0 Å². The van der Waals surface area contributed by atoms with Crippen molar-refractivity contribution in [2.75, 3.05) is 20.2 Å². The monoisotopic (exact) mass is 364 g/mol. The number of phenols is 1. The van der Waals surface area contributed by atoms with Crippen molar-refractivity contribution in [3.63, 3.8) is 0 Å². The third kappa shape index (κ3) is 5.65. The quantitative estimate of drug-likeness (QED) is 0.657. The lowest BCUT2D eigenvalue weighted by Crippen LogP contribution is -2.44. The fourth-order valence-corrected chi connectivity index (χ4v) is 3.05. The molecule has 142 valence electrons. The molecule has 1 aromatic rings. The predicted octanol–water partition coefficient (Wildman–Crippen LogP) is 1.37. The third-order valence-electron chi connectivity index (χ3n) is 4.56. The Hall–Kier alpha value is -2.77. The fourth-order valence-electron chi connectivity index (χ4n) is 3.05. The van der Waals surface area contributed by atoms with E-state index in [1.807, 2.05) is 0 Å². The lowest BCUT2D eigenvalue weighted by molar-refractivity contribution is -0.145. The van der Waals surface area contributed by atoms with Crippen LogP contribution in [-0.4, -0.2) is 59.3 Å². The standard InChI is InChI=1S/C18H24N2O6/c1-26-17(23)15(10-12-2-4-14(21)5-3-12)19-16(22)11-13-6-8-20(9-7-13)18(24)25/h2-5,13,15,21H,6-11H2,1H3,(H,19,22)(H,24,25)/t15-/m0/s1. The summed E-state index contributed by atoms with van der Waals surface area (Å²) in [4.78, 5) is 36.5. The molecule has 1 aliphatic rings. The first-order valence-corrected chi connectivity index (χ1v) is 8.52. The lowest BCUT2D eigenvalue weighted by Gasteiger charge is -2.29. The molecule has 2 rings (SSSR count). The van der Waals surface area contributed by atoms with Crippen molar-refractivity contribution in [2.45, 2.75) is 31.7 Å². The van der Waals surface area contributed by atoms with E-state index in [0.717, 1.165) is 5.56 Å². The molecule has 1 fully saturated rings. The first-order chi connectivity index (χ1) is 12.4. The first kappa shape index (κ1) is 19.6. The molecule has 2 amide bonds. The van der Waals surface area contributed by atoms with Gasteiger partial charge in [-0.25, -0.2) is 9.59 Å². The highest BCUT2D eigenvalue weighted by Gasteiger charge is 2.27. The molecule has 0 aliphatic carbocycles. The van der Waals surface area contributed by atoms with Crippen LogP contribution in [0.25, 0.3) is 0 Å². The molecular weight excluding hydrogens is 340 g/mol. The number of rotatable bonds is 6. The number of nitrogens with one attached hydrogen (secondary N) is 1. The molecule has 1 aromatic carbocycles. The molecule has 8 nitrogen and oxygen atoms in total. The molecule has 1 heterocycles. The zero-order valence-corrected chi connectivity index (χ0v) is 14.7. The summed E-state index contributed by atoms with van der Waals surface area (Å²) in [7, 11) is 1.26. The Morgan fingerprint density at radius 1 is 1.23 bits per heavy atom. The maximum absolute atomic E-state index is 12.3. The van der Waals surface area contributed by atoms with E-state index in [-0.39, 0.29) is 30.4 Å². The van der Waals surface area contributed by atoms with Crippen LogP contribution >= 0.6 is 0 Å². The number of aromatic hydroxyl groups is 1. The van der Waals surface area contributed by atoms with Crippen molar-refractivity contribution in [2.24, 2.45) is 5.92 Å². The number of esters is 1. The first-order valence-electron chi connectivity index (χ1n) is 8.52. The minimum atomic E-state index is -0.937. The zero-order valence-electron chi connectivity index (χ0n) is 14.7. The van der Waals surface area contributed by atoms with Gasteiger partial charge in [0.05, 0.1) is 7.11 Å². The topological polar surface area (TPSA) is 116 Å². The van der Waals surface area contributed by atoms with Crippen LogP contribution in [0.1, 0.15) is 24.8 Å². The van der Waals surface area contributed by atoms with Crippen molar-refractivity contribution in [1.29, 1.82) is 0 Å². The number of carbonyl (C=O) groups is 3. The van der Waals surface area contributed by atoms with Gasteiger partial charge in [0.15, 0.2) is 0 Å². The van der Waals surface area contributed by atoms with Crippen LogP contribution in [0.4, 0.5) is 4.79 Å². The number of piperidine rings is 1. The van der Waals surface area contributed by atoms with Gasteiger partial charge in [0.25, 0.3) is 0 Å². The Bertz CT molecular complexity index is 638. The summed E-state index contributed by atoms with van der Waals surface area (Å²) in [6.07, 6.45) is 0.820. The van der Waals surface area contributed by atoms with Gasteiger partial charge in [-0.15, -0.1) is 0 Å². The van der Waals surface area contributed by atoms with E-state index in [1.54, 1.807) is 12.1 Å². The minimum absolute atomic E-state index is 0.0950. The van der Waals surface area contributed by atoms with Crippen molar-refractivity contribution in [3.05, 3.63) is 29.8 Å². The minimum Gasteiger partial charge on any atom is -0.508 e. The molecule has 1 saturated heterocycles. The van der Waals surface area contributed by atoms with Gasteiger partial charge >= 0.3 is 12.1 Å². The van der Waals surface area contributed by atoms with Crippen LogP contribution in [0, 0.1) is 5.92 Å². The molecule has 0 spiro atoms. The number of ether oxygens (including phenoxy) is 1. The van der Waals surface area contributed by atoms with Crippen molar-refractivity contribution < 1.29 is 29.3 Å². The summed E-state index contributed by atoms with van der Waals surface area (Å²) in [5.41, 5.74) is 0.785. The van der Waals surface area contributed by atoms with E-state index >= 15 is 0 Å². The molecular formula is C18H24N2O6. The molecule has 1 atom stereocenters. The molecule has 3 N–H and O–H groups in total. The Labute approximate surface area is 151 Å². The lowest BCUT2D eigenvalue weighted by atomic mass is 9.93. The largest absolute Gasteiger partial charge is 0.508 e. The molecule has 8 heteroatoms. The van der Waals surface area contributed by atoms with Crippen LogP contribution in [0.2, 0.25) is 0 Å². The highest BCUT2D eigenvalue weighted by molar-refractivity contribution is 5.84. The Morgan fingerprint density at radius 2 is 1.85 bits per heavy atom. The summed E-state index contributed by atoms with van der Waals surface area (Å²) in [5, 5.41) is 21.0. The number of carboxylic acid groups (broad SMARTS) is 1. The summed E-state index contributed by atoms with van der Waals surface area (Å²) in [6.45, 7) is 0.836. The number of amides is 2. The van der Waals surface area contributed by atoms with Crippen molar-refractivity contribution in [1.82, 2.24) is 10.2 Å². The van der Waals surface area contributed by atoms with Crippen LogP contribution < -0.4 is 5.32 Å². The second-order valence-electron chi connectivity index (χ2n) is 6.43. The second kappa shape index (κ2) is 9.07. The number of phenolic OH excluding ortho intramolecular Hbond substituents is 1. The van der Waals surface area contributed by atoms with Crippen LogP contribution in [0.5, 0.6) is 5.75 Å². The van der Waals surface area contributed by atoms with E-state index in [0.29, 0.717) is 25.9 Å². The van der Waals surface area contributed by atoms with Gasteiger partial charge < -0.3 is 25.2 Å². The van der Waals surface area contributed by atoms with Crippen molar-refractivity contribution >= 4 is 18.0 Å². The molecule has 1 aliphatic heterocycles. The molecule has 0 aromatic heterocycles. The van der Waals surface area contributed by atoms with E-state index in [4.69, 9.17) is 9.84 Å². The predicted molar refractivity (Wildman–Crippen MR) is 92.7 cm³/mol. The van der Waals surface area contributed by atoms with Gasteiger partial charge in [0.1, 0.15) is 11.8 Å². The fraction of sp³-hybridized carbons (Fsp3) is 0.500. The average molecular weight is 364 g/mol. The van der Waals surface area contributed by atoms with Gasteiger partial charge in [-0.1, -0.05) is 12.1 Å². The number of carbonyl (C=O) groups excluding carboxylic acids is 2. The van der Waals surface area contributed by atoms with Gasteiger partial charge in [-0.3, -0.25) is 4.79 Å². The van der Waals surface area contributed by atoms with E-state index in [2.05, 4.69) is 5.32 Å². The molecule has 0 unspecified atom stereocenters. The summed E-state index contributed by atoms with van der Waals surface area (Å²) >= 11 is 0. The smallest absolute Gasteiger partial charge is 0.407 e. The Kier molecular flexibility index (Phi) is 6.82. The third-order valence-corrected chi connectivity index (χ3v) is 4.56. The van der Waals surface area contributed by atoms with Crippen molar-refractivity contribution in [3.8, 4) is 5.75 Å². The molecule has 26 heavy (non-hydrogen) atoms. The maximum atomic E-state index is 12.3. The number of benzene rings is 1. The Morgan fingerprint density at radius 3 is 2.38 bits per heavy atom. The van der Waals surface area contributed by atoms with Gasteiger partial charge in [-0.2, -0.15) is 0 Å². The average Bonchev–Trinajstić information content (AvgIpc) is 2.62. The SMILES string of the molecule is COC(=O)[C@H](Cc1ccc(O)cc1)NC(=O)CC1CCN(C(=O)O)CC1. The number of methoxy groups -OCH3 is 1. The summed E-state index contributed by atoms with van der Waals surface area (Å²) < 4.78 is 4.76. The van der Waals surface area contributed by atoms with Crippen LogP contribution in [0.15, 0.2) is 24.3 Å². The molecule has 0 saturated carbocycles. The zero-order chi connectivity index (χ0) is 19.1. The summed E-state index contributed by atoms with van der Waals surface area (Å²) in [5.74, 6) is -0.572. The van der Waals surface area contributed by atoms with Gasteiger partial charge in [0.2, 0.25) is 5.91 Å². The van der Waals surface area contributed by atoms with E-state index < -0.39 is 18.1 Å². The summed E-state index contributed by atoms with van der Waals surface area (Å²) in [6, 6.07) is 5.58. The van der Waals surface area contributed by atoms with E-state index in [9.17, 15) is 19.5 Å². The number of hydrogen-bond donors (Lipinski definition) is 3. The number of hydrogen-bond acceptors (Lipinski definition) is 5. The second-order valence-corrected chi connectivity index (χ2v) is 6.43. The molecule has 0 bridgehead atoms. The maximum Gasteiger partial charge on any atom is 0.407 e. The number of likely N-dealkylation sites (tertiary alicyclic amines) is 1. The molecule has 0 radical (unpaired) electrons. The Balaban J connectivity index is 1.89. The highest BCUT2D eigenvalue weighted by atomic mass is 16.5. The highest BCUT2D eigenvalue weighted by Crippen LogP contribution is 2.20. The normalized spacial score (nSPS) is 16.0. The number of nitrogens with zero attached hydrogens (tertiary/aromatic N) is 1. The van der Waals surface area contributed by atoms with E-state index in [1.165, 1.54) is 24.1 Å². The van der Waals surface area contributed by atoms with Gasteiger partial charge in [-0.05, 0) is 36.5 Å². The van der Waals surface area contributed by atoms with Gasteiger partial charge in [0, 0.05) is 25.9 Å². The van der Waals surface area contributed by atoms with Crippen LogP contribution in [-0.2, 0) is 20.7 Å².